The van der Waals surface area contributed by atoms with Crippen molar-refractivity contribution in [2.24, 2.45) is 5.92 Å². The first kappa shape index (κ1) is 18.9. The van der Waals surface area contributed by atoms with Crippen molar-refractivity contribution in [2.45, 2.75) is 19.3 Å². The number of carbonyl (C=O) groups excluding carboxylic acids is 2. The summed E-state index contributed by atoms with van der Waals surface area (Å²) >= 11 is 6.40. The van der Waals surface area contributed by atoms with E-state index in [9.17, 15) is 14.9 Å². The lowest BCUT2D eigenvalue weighted by Gasteiger charge is -2.15. The third kappa shape index (κ3) is 4.12. The smallest absolute Gasteiger partial charge is 0.229 e. The van der Waals surface area contributed by atoms with Crippen molar-refractivity contribution >= 4 is 29.1 Å². The molecule has 1 aliphatic heterocycles. The molecule has 2 unspecified atom stereocenters. The van der Waals surface area contributed by atoms with Gasteiger partial charge in [0.2, 0.25) is 11.8 Å². The van der Waals surface area contributed by atoms with Gasteiger partial charge < -0.3 is 10.2 Å². The highest BCUT2D eigenvalue weighted by Crippen LogP contribution is 2.32. The predicted octanol–water partition coefficient (Wildman–Crippen LogP) is 3.80. The molecule has 0 aliphatic carbocycles. The van der Waals surface area contributed by atoms with Crippen LogP contribution in [0.5, 0.6) is 0 Å². The Kier molecular flexibility index (Phi) is 5.78. The lowest BCUT2D eigenvalue weighted by molar-refractivity contribution is -0.128. The molecule has 1 aliphatic rings. The molecule has 1 heterocycles. The second kappa shape index (κ2) is 8.24. The number of anilines is 1. The molecule has 0 bridgehead atoms. The zero-order valence-electron chi connectivity index (χ0n) is 15.0. The monoisotopic (exact) mass is 381 g/mol. The van der Waals surface area contributed by atoms with Crippen molar-refractivity contribution in [3.05, 3.63) is 64.7 Å². The van der Waals surface area contributed by atoms with E-state index >= 15 is 0 Å². The molecule has 1 N–H and O–H groups in total. The Morgan fingerprint density at radius 3 is 2.67 bits per heavy atom. The standard InChI is InChI=1S/C21H20ClN3O2/c1-2-25-13-15(10-20(25)26)21(27)24-16-8-9-17(19(22)11-16)18(12-23)14-6-4-3-5-7-14/h3-9,11,15,18H,2,10,13H2,1H3,(H,24,27). The minimum absolute atomic E-state index is 0.00533. The van der Waals surface area contributed by atoms with Crippen LogP contribution in [-0.2, 0) is 9.59 Å². The molecule has 2 aromatic rings. The molecule has 0 saturated carbocycles. The van der Waals surface area contributed by atoms with Crippen LogP contribution in [-0.4, -0.2) is 29.8 Å². The number of nitrogens with zero attached hydrogens (tertiary/aromatic N) is 2. The molecule has 27 heavy (non-hydrogen) atoms. The second-order valence-electron chi connectivity index (χ2n) is 6.53. The van der Waals surface area contributed by atoms with Crippen LogP contribution in [0.4, 0.5) is 5.69 Å². The van der Waals surface area contributed by atoms with Crippen LogP contribution in [0.15, 0.2) is 48.5 Å². The first-order chi connectivity index (χ1) is 13.0. The number of amides is 2. The summed E-state index contributed by atoms with van der Waals surface area (Å²) in [5.41, 5.74) is 2.11. The summed E-state index contributed by atoms with van der Waals surface area (Å²) < 4.78 is 0. The fourth-order valence-corrected chi connectivity index (χ4v) is 3.60. The van der Waals surface area contributed by atoms with Crippen LogP contribution in [0.1, 0.15) is 30.4 Å². The summed E-state index contributed by atoms with van der Waals surface area (Å²) in [7, 11) is 0. The van der Waals surface area contributed by atoms with Crippen LogP contribution in [0, 0.1) is 17.2 Å². The van der Waals surface area contributed by atoms with Gasteiger partial charge in [-0.3, -0.25) is 9.59 Å². The zero-order chi connectivity index (χ0) is 19.4. The van der Waals surface area contributed by atoms with Gasteiger partial charge in [-0.2, -0.15) is 5.26 Å². The van der Waals surface area contributed by atoms with Gasteiger partial charge >= 0.3 is 0 Å². The van der Waals surface area contributed by atoms with E-state index < -0.39 is 5.92 Å². The van der Waals surface area contributed by atoms with Gasteiger partial charge in [0.05, 0.1) is 17.9 Å². The van der Waals surface area contributed by atoms with E-state index in [0.29, 0.717) is 29.4 Å². The van der Waals surface area contributed by atoms with Crippen LogP contribution in [0.25, 0.3) is 0 Å². The lowest BCUT2D eigenvalue weighted by Crippen LogP contribution is -2.28. The molecule has 6 heteroatoms. The summed E-state index contributed by atoms with van der Waals surface area (Å²) in [4.78, 5) is 25.9. The molecule has 2 aromatic carbocycles. The highest BCUT2D eigenvalue weighted by molar-refractivity contribution is 6.31. The first-order valence-corrected chi connectivity index (χ1v) is 9.24. The van der Waals surface area contributed by atoms with Crippen LogP contribution >= 0.6 is 11.6 Å². The Morgan fingerprint density at radius 2 is 2.07 bits per heavy atom. The zero-order valence-corrected chi connectivity index (χ0v) is 15.7. The summed E-state index contributed by atoms with van der Waals surface area (Å²) in [5.74, 6) is -1.02. The van der Waals surface area contributed by atoms with Gasteiger partial charge in [-0.15, -0.1) is 0 Å². The number of benzene rings is 2. The fraction of sp³-hybridized carbons (Fsp3) is 0.286. The average Bonchev–Trinajstić information content (AvgIpc) is 3.06. The van der Waals surface area contributed by atoms with Crippen molar-refractivity contribution in [2.75, 3.05) is 18.4 Å². The molecule has 1 fully saturated rings. The Morgan fingerprint density at radius 1 is 1.33 bits per heavy atom. The van der Waals surface area contributed by atoms with E-state index in [1.54, 1.807) is 23.1 Å². The van der Waals surface area contributed by atoms with Gasteiger partial charge in [0.25, 0.3) is 0 Å². The molecule has 1 saturated heterocycles. The molecule has 2 amide bonds. The Balaban J connectivity index is 1.74. The van der Waals surface area contributed by atoms with Crippen LogP contribution in [0.2, 0.25) is 5.02 Å². The summed E-state index contributed by atoms with van der Waals surface area (Å²) in [5, 5.41) is 12.8. The van der Waals surface area contributed by atoms with E-state index in [1.165, 1.54) is 0 Å². The molecule has 0 aromatic heterocycles. The second-order valence-corrected chi connectivity index (χ2v) is 6.94. The highest BCUT2D eigenvalue weighted by atomic mass is 35.5. The van der Waals surface area contributed by atoms with Gasteiger partial charge in [-0.25, -0.2) is 0 Å². The van der Waals surface area contributed by atoms with Gasteiger partial charge in [-0.05, 0) is 30.2 Å². The molecule has 138 valence electrons. The number of hydrogen-bond donors (Lipinski definition) is 1. The largest absolute Gasteiger partial charge is 0.342 e. The highest BCUT2D eigenvalue weighted by Gasteiger charge is 2.33. The van der Waals surface area contributed by atoms with Crippen molar-refractivity contribution in [1.29, 1.82) is 5.26 Å². The van der Waals surface area contributed by atoms with Crippen molar-refractivity contribution in [3.63, 3.8) is 0 Å². The molecule has 2 atom stereocenters. The van der Waals surface area contributed by atoms with Crippen molar-refractivity contribution in [1.82, 2.24) is 4.90 Å². The minimum Gasteiger partial charge on any atom is -0.342 e. The molecular formula is C21H20ClN3O2. The first-order valence-electron chi connectivity index (χ1n) is 8.86. The summed E-state index contributed by atoms with van der Waals surface area (Å²) in [6.07, 6.45) is 0.232. The van der Waals surface area contributed by atoms with E-state index in [2.05, 4.69) is 11.4 Å². The normalized spacial score (nSPS) is 17.4. The Hall–Kier alpha value is -2.84. The van der Waals surface area contributed by atoms with Gasteiger partial charge in [0.15, 0.2) is 0 Å². The number of halogens is 1. The third-order valence-corrected chi connectivity index (χ3v) is 5.14. The summed E-state index contributed by atoms with van der Waals surface area (Å²) in [6.45, 7) is 2.95. The van der Waals surface area contributed by atoms with Crippen molar-refractivity contribution < 1.29 is 9.59 Å². The predicted molar refractivity (Wildman–Crippen MR) is 104 cm³/mol. The third-order valence-electron chi connectivity index (χ3n) is 4.81. The van der Waals surface area contributed by atoms with Crippen LogP contribution < -0.4 is 5.32 Å². The Labute approximate surface area is 163 Å². The summed E-state index contributed by atoms with van der Waals surface area (Å²) in [6, 6.07) is 16.9. The van der Waals surface area contributed by atoms with Gasteiger partial charge in [0.1, 0.15) is 0 Å². The topological polar surface area (TPSA) is 73.2 Å². The molecular weight excluding hydrogens is 362 g/mol. The maximum atomic E-state index is 12.4. The van der Waals surface area contributed by atoms with Gasteiger partial charge in [0, 0.05) is 30.2 Å². The quantitative estimate of drug-likeness (QED) is 0.856. The van der Waals surface area contributed by atoms with Crippen molar-refractivity contribution in [3.8, 4) is 6.07 Å². The van der Waals surface area contributed by atoms with E-state index in [0.717, 1.165) is 5.56 Å². The van der Waals surface area contributed by atoms with E-state index in [4.69, 9.17) is 11.6 Å². The maximum Gasteiger partial charge on any atom is 0.229 e. The number of nitriles is 1. The van der Waals surface area contributed by atoms with Gasteiger partial charge in [-0.1, -0.05) is 48.0 Å². The minimum atomic E-state index is -0.478. The number of likely N-dealkylation sites (tertiary alicyclic amines) is 1. The molecule has 0 spiro atoms. The Bertz CT molecular complexity index is 892. The fourth-order valence-electron chi connectivity index (χ4n) is 3.31. The number of rotatable bonds is 5. The lowest BCUT2D eigenvalue weighted by atomic mass is 9.92. The van der Waals surface area contributed by atoms with E-state index in [1.807, 2.05) is 37.3 Å². The number of hydrogen-bond acceptors (Lipinski definition) is 3. The molecule has 3 rings (SSSR count). The number of nitrogens with one attached hydrogen (secondary N) is 1. The van der Waals surface area contributed by atoms with E-state index in [-0.39, 0.29) is 24.2 Å². The number of carbonyl (C=O) groups is 2. The van der Waals surface area contributed by atoms with Crippen LogP contribution in [0.3, 0.4) is 0 Å². The average molecular weight is 382 g/mol. The molecule has 0 radical (unpaired) electrons. The SMILES string of the molecule is CCN1CC(C(=O)Nc2ccc(C(C#N)c3ccccc3)c(Cl)c2)CC1=O. The molecule has 5 nitrogen and oxygen atoms in total. The maximum absolute atomic E-state index is 12.4.